The largest absolute Gasteiger partial charge is 0.355 e. The van der Waals surface area contributed by atoms with Crippen molar-refractivity contribution in [3.63, 3.8) is 0 Å². The summed E-state index contributed by atoms with van der Waals surface area (Å²) in [6.45, 7) is 0. The van der Waals surface area contributed by atoms with Gasteiger partial charge in [0.2, 0.25) is 0 Å². The van der Waals surface area contributed by atoms with E-state index in [9.17, 15) is 0 Å². The van der Waals surface area contributed by atoms with Crippen molar-refractivity contribution in [2.24, 2.45) is 5.92 Å². The number of hydrogen-bond acceptors (Lipinski definition) is 2. The molecule has 3 rings (SSSR count). The molecule has 1 aromatic carbocycles. The molecule has 0 saturated heterocycles. The van der Waals surface area contributed by atoms with Crippen molar-refractivity contribution in [3.8, 4) is 0 Å². The van der Waals surface area contributed by atoms with E-state index in [0.717, 1.165) is 16.5 Å². The van der Waals surface area contributed by atoms with Gasteiger partial charge in [0.15, 0.2) is 0 Å². The molecule has 0 unspecified atom stereocenters. The number of thiol groups is 1. The lowest BCUT2D eigenvalue weighted by Crippen LogP contribution is -1.96. The van der Waals surface area contributed by atoms with Gasteiger partial charge in [0, 0.05) is 16.5 Å². The highest BCUT2D eigenvalue weighted by molar-refractivity contribution is 7.80. The maximum atomic E-state index is 4.40. The summed E-state index contributed by atoms with van der Waals surface area (Å²) in [5.41, 5.74) is 3.91. The van der Waals surface area contributed by atoms with Gasteiger partial charge < -0.3 is 5.32 Å². The number of nitrogens with one attached hydrogen (secondary N) is 1. The second-order valence-corrected chi connectivity index (χ2v) is 4.23. The predicted molar refractivity (Wildman–Crippen MR) is 61.6 cm³/mol. The Morgan fingerprint density at radius 3 is 2.79 bits per heavy atom. The van der Waals surface area contributed by atoms with Gasteiger partial charge in [-0.15, -0.1) is 12.6 Å². The minimum atomic E-state index is 0.740. The van der Waals surface area contributed by atoms with Crippen LogP contribution < -0.4 is 5.32 Å². The third kappa shape index (κ3) is 1.26. The lowest BCUT2D eigenvalue weighted by atomic mass is 10.3. The van der Waals surface area contributed by atoms with Crippen LogP contribution in [0.2, 0.25) is 0 Å². The van der Waals surface area contributed by atoms with Gasteiger partial charge in [0.25, 0.3) is 0 Å². The van der Waals surface area contributed by atoms with E-state index in [4.69, 9.17) is 0 Å². The van der Waals surface area contributed by atoms with Crippen LogP contribution in [0.15, 0.2) is 52.6 Å². The minimum absolute atomic E-state index is 0.740. The van der Waals surface area contributed by atoms with Crippen LogP contribution in [0.25, 0.3) is 0 Å². The molecule has 1 aromatic rings. The van der Waals surface area contributed by atoms with Crippen molar-refractivity contribution in [3.05, 3.63) is 47.7 Å². The van der Waals surface area contributed by atoms with Crippen molar-refractivity contribution in [2.75, 3.05) is 5.32 Å². The number of allylic oxidation sites excluding steroid dienone is 3. The molecule has 70 valence electrons. The fourth-order valence-corrected chi connectivity index (χ4v) is 2.05. The first-order valence-electron chi connectivity index (χ1n) is 4.81. The molecule has 0 bridgehead atoms. The van der Waals surface area contributed by atoms with E-state index in [0.29, 0.717) is 0 Å². The molecule has 0 amide bonds. The molecule has 2 aliphatic rings. The third-order valence-corrected chi connectivity index (χ3v) is 3.13. The summed E-state index contributed by atoms with van der Waals surface area (Å²) in [6, 6.07) is 8.07. The summed E-state index contributed by atoms with van der Waals surface area (Å²) in [7, 11) is 0. The summed E-state index contributed by atoms with van der Waals surface area (Å²) in [5.74, 6) is 0.740. The molecule has 1 saturated carbocycles. The van der Waals surface area contributed by atoms with E-state index < -0.39 is 0 Å². The maximum Gasteiger partial charge on any atom is 0.0519 e. The first kappa shape index (κ1) is 8.18. The Hall–Kier alpha value is -1.15. The number of rotatable bonds is 2. The SMILES string of the molecule is Sc1ccccc1NC1=C2C[C@H]2C=C1. The maximum absolute atomic E-state index is 4.40. The molecule has 0 aromatic heterocycles. The van der Waals surface area contributed by atoms with Gasteiger partial charge in [0.1, 0.15) is 0 Å². The average Bonchev–Trinajstić information content (AvgIpc) is 2.87. The number of fused-ring (bicyclic) bond motifs is 1. The molecule has 2 aliphatic carbocycles. The fraction of sp³-hybridized carbons (Fsp3) is 0.167. The van der Waals surface area contributed by atoms with E-state index in [1.807, 2.05) is 18.2 Å². The van der Waals surface area contributed by atoms with Crippen molar-refractivity contribution >= 4 is 18.3 Å². The smallest absolute Gasteiger partial charge is 0.0519 e. The highest BCUT2D eigenvalue weighted by atomic mass is 32.1. The van der Waals surface area contributed by atoms with Gasteiger partial charge in [-0.1, -0.05) is 18.2 Å². The Morgan fingerprint density at radius 1 is 1.29 bits per heavy atom. The number of hydrogen-bond donors (Lipinski definition) is 2. The van der Waals surface area contributed by atoms with E-state index in [1.54, 1.807) is 5.57 Å². The topological polar surface area (TPSA) is 12.0 Å². The van der Waals surface area contributed by atoms with Gasteiger partial charge in [-0.2, -0.15) is 0 Å². The Kier molecular flexibility index (Phi) is 1.71. The molecule has 1 fully saturated rings. The zero-order valence-corrected chi connectivity index (χ0v) is 8.59. The van der Waals surface area contributed by atoms with E-state index in [-0.39, 0.29) is 0 Å². The molecule has 2 heteroatoms. The first-order chi connectivity index (χ1) is 6.84. The summed E-state index contributed by atoms with van der Waals surface area (Å²) >= 11 is 4.40. The fourth-order valence-electron chi connectivity index (χ4n) is 1.84. The number of para-hydroxylation sites is 1. The Balaban J connectivity index is 1.89. The second-order valence-electron chi connectivity index (χ2n) is 3.75. The molecule has 1 N–H and O–H groups in total. The normalized spacial score (nSPS) is 22.5. The van der Waals surface area contributed by atoms with Crippen molar-refractivity contribution in [1.29, 1.82) is 0 Å². The predicted octanol–water partition coefficient (Wildman–Crippen LogP) is 3.23. The van der Waals surface area contributed by atoms with Gasteiger partial charge >= 0.3 is 0 Å². The summed E-state index contributed by atoms with van der Waals surface area (Å²) < 4.78 is 0. The van der Waals surface area contributed by atoms with Gasteiger partial charge in [-0.05, 0) is 30.2 Å². The Labute approximate surface area is 88.9 Å². The highest BCUT2D eigenvalue weighted by Gasteiger charge is 2.33. The first-order valence-corrected chi connectivity index (χ1v) is 5.25. The van der Waals surface area contributed by atoms with Crippen LogP contribution in [0.1, 0.15) is 6.42 Å². The number of anilines is 1. The van der Waals surface area contributed by atoms with Crippen molar-refractivity contribution in [1.82, 2.24) is 0 Å². The van der Waals surface area contributed by atoms with Crippen LogP contribution in [0, 0.1) is 5.92 Å². The quantitative estimate of drug-likeness (QED) is 0.700. The van der Waals surface area contributed by atoms with E-state index in [1.165, 1.54) is 12.1 Å². The molecule has 14 heavy (non-hydrogen) atoms. The van der Waals surface area contributed by atoms with Gasteiger partial charge in [-0.25, -0.2) is 0 Å². The lowest BCUT2D eigenvalue weighted by Gasteiger charge is -2.08. The van der Waals surface area contributed by atoms with E-state index >= 15 is 0 Å². The van der Waals surface area contributed by atoms with Crippen LogP contribution in [0.4, 0.5) is 5.69 Å². The van der Waals surface area contributed by atoms with Crippen LogP contribution in [0.5, 0.6) is 0 Å². The molecular weight excluding hydrogens is 190 g/mol. The molecule has 0 radical (unpaired) electrons. The van der Waals surface area contributed by atoms with Gasteiger partial charge in [-0.3, -0.25) is 0 Å². The van der Waals surface area contributed by atoms with Crippen LogP contribution in [-0.2, 0) is 0 Å². The Morgan fingerprint density at radius 2 is 2.14 bits per heavy atom. The number of benzene rings is 1. The monoisotopic (exact) mass is 201 g/mol. The minimum Gasteiger partial charge on any atom is -0.355 e. The second kappa shape index (κ2) is 2.92. The lowest BCUT2D eigenvalue weighted by molar-refractivity contribution is 1.17. The Bertz CT molecular complexity index is 445. The van der Waals surface area contributed by atoms with Crippen molar-refractivity contribution in [2.45, 2.75) is 11.3 Å². The molecule has 0 aliphatic heterocycles. The van der Waals surface area contributed by atoms with Crippen LogP contribution in [-0.4, -0.2) is 0 Å². The third-order valence-electron chi connectivity index (χ3n) is 2.74. The molecule has 1 nitrogen and oxygen atoms in total. The molecule has 0 heterocycles. The zero-order valence-electron chi connectivity index (χ0n) is 7.70. The zero-order chi connectivity index (χ0) is 9.54. The van der Waals surface area contributed by atoms with Gasteiger partial charge in [0.05, 0.1) is 5.69 Å². The molecule has 0 spiro atoms. The summed E-state index contributed by atoms with van der Waals surface area (Å²) in [6.07, 6.45) is 5.68. The van der Waals surface area contributed by atoms with Crippen LogP contribution >= 0.6 is 12.6 Å². The van der Waals surface area contributed by atoms with Crippen molar-refractivity contribution < 1.29 is 0 Å². The van der Waals surface area contributed by atoms with Crippen LogP contribution in [0.3, 0.4) is 0 Å². The van der Waals surface area contributed by atoms with E-state index in [2.05, 4.69) is 36.2 Å². The molecular formula is C12H11NS. The molecule has 1 atom stereocenters. The summed E-state index contributed by atoms with van der Waals surface area (Å²) in [5, 5.41) is 3.42. The summed E-state index contributed by atoms with van der Waals surface area (Å²) in [4.78, 5) is 0.998. The average molecular weight is 201 g/mol. The standard InChI is InChI=1S/C12H11NS/c14-12-4-2-1-3-11(12)13-10-6-5-8-7-9(8)10/h1-6,8,13-14H,7H2/t8-/m1/s1. The highest BCUT2D eigenvalue weighted by Crippen LogP contribution is 2.46.